The number of hydrogen-bond acceptors (Lipinski definition) is 4. The van der Waals surface area contributed by atoms with Crippen LogP contribution in [0.4, 0.5) is 32.6 Å². The predicted molar refractivity (Wildman–Crippen MR) is 118 cm³/mol. The third kappa shape index (κ3) is 4.67. The summed E-state index contributed by atoms with van der Waals surface area (Å²) < 4.78 is 73.2. The van der Waals surface area contributed by atoms with E-state index in [1.54, 1.807) is 11.0 Å². The van der Waals surface area contributed by atoms with E-state index in [1.165, 1.54) is 24.4 Å². The largest absolute Gasteiger partial charge is 0.465 e. The number of alkyl halides is 5. The van der Waals surface area contributed by atoms with E-state index in [0.29, 0.717) is 15.5 Å². The van der Waals surface area contributed by atoms with Gasteiger partial charge in [-0.1, -0.05) is 12.2 Å². The zero-order valence-corrected chi connectivity index (χ0v) is 18.5. The number of nitrogens with zero attached hydrogens (tertiary/aromatic N) is 3. The molecule has 6 nitrogen and oxygen atoms in total. The van der Waals surface area contributed by atoms with Crippen molar-refractivity contribution < 1.29 is 36.3 Å². The van der Waals surface area contributed by atoms with Crippen LogP contribution < -0.4 is 4.90 Å². The second-order valence-electron chi connectivity index (χ2n) is 7.95. The monoisotopic (exact) mass is 499 g/mol. The number of pyridine rings is 1. The van der Waals surface area contributed by atoms with Crippen LogP contribution in [0.15, 0.2) is 40.9 Å². The molecule has 2 aromatic heterocycles. The maximum Gasteiger partial charge on any atom is 0.420 e. The Hall–Kier alpha value is -3.28. The number of piperidine rings is 1. The highest BCUT2D eigenvalue weighted by Gasteiger charge is 2.36. The van der Waals surface area contributed by atoms with Crippen LogP contribution in [0.1, 0.15) is 24.0 Å². The van der Waals surface area contributed by atoms with Crippen molar-refractivity contribution in [3.63, 3.8) is 0 Å². The normalized spacial score (nSPS) is 16.0. The first-order chi connectivity index (χ1) is 15.9. The van der Waals surface area contributed by atoms with E-state index in [9.17, 15) is 26.7 Å². The predicted octanol–water partition coefficient (Wildman–Crippen LogP) is 6.03. The molecular weight excluding hydrogens is 481 g/mol. The summed E-state index contributed by atoms with van der Waals surface area (Å²) in [5.41, 5.74) is -0.701. The summed E-state index contributed by atoms with van der Waals surface area (Å²) in [4.78, 5) is 18.1. The molecule has 1 saturated heterocycles. The molecule has 1 fully saturated rings. The van der Waals surface area contributed by atoms with E-state index < -0.39 is 29.3 Å². The smallest absolute Gasteiger partial charge is 0.420 e. The van der Waals surface area contributed by atoms with Gasteiger partial charge in [-0.2, -0.15) is 13.2 Å². The van der Waals surface area contributed by atoms with E-state index in [4.69, 9.17) is 21.7 Å². The number of aromatic nitrogens is 1. The van der Waals surface area contributed by atoms with Gasteiger partial charge >= 0.3 is 12.3 Å². The minimum absolute atomic E-state index is 0.0589. The van der Waals surface area contributed by atoms with E-state index in [1.807, 2.05) is 0 Å². The SMILES string of the molecule is CN(C(=O)O)c1cc2cc(-c3ccc(C(=S)N4CCC(F)(F)CC4)cn3)cc(C(F)(F)F)c2o1. The highest BCUT2D eigenvalue weighted by atomic mass is 32.1. The van der Waals surface area contributed by atoms with Crippen LogP contribution in [0.5, 0.6) is 0 Å². The lowest BCUT2D eigenvalue weighted by atomic mass is 10.0. The van der Waals surface area contributed by atoms with Crippen LogP contribution in [-0.2, 0) is 6.18 Å². The lowest BCUT2D eigenvalue weighted by Gasteiger charge is -2.33. The maximum atomic E-state index is 13.7. The van der Waals surface area contributed by atoms with Crippen LogP contribution in [0, 0.1) is 0 Å². The Balaban J connectivity index is 1.67. The molecule has 4 rings (SSSR count). The van der Waals surface area contributed by atoms with Gasteiger partial charge in [0.25, 0.3) is 5.92 Å². The van der Waals surface area contributed by atoms with Gasteiger partial charge in [0, 0.05) is 61.8 Å². The number of rotatable bonds is 3. The maximum absolute atomic E-state index is 13.7. The standard InChI is InChI=1S/C22H18F5N3O3S/c1-29(20(31)32)17-10-14-8-13(9-15(18(14)33-17)22(25,26)27)16-3-2-12(11-28-16)19(34)30-6-4-21(23,24)5-7-30/h2-3,8-11H,4-7H2,1H3,(H,31,32). The summed E-state index contributed by atoms with van der Waals surface area (Å²) in [6.45, 7) is 0.208. The summed E-state index contributed by atoms with van der Waals surface area (Å²) in [5, 5.41) is 9.15. The molecule has 12 heteroatoms. The molecule has 1 N–H and O–H groups in total. The molecule has 3 aromatic rings. The lowest BCUT2D eigenvalue weighted by molar-refractivity contribution is -0.136. The van der Waals surface area contributed by atoms with Crippen molar-refractivity contribution in [1.29, 1.82) is 0 Å². The van der Waals surface area contributed by atoms with Crippen LogP contribution in [-0.4, -0.2) is 52.1 Å². The van der Waals surface area contributed by atoms with Gasteiger partial charge in [-0.05, 0) is 24.3 Å². The summed E-state index contributed by atoms with van der Waals surface area (Å²) in [7, 11) is 1.15. The molecule has 34 heavy (non-hydrogen) atoms. The molecule has 0 saturated carbocycles. The molecule has 180 valence electrons. The highest BCUT2D eigenvalue weighted by Crippen LogP contribution is 2.40. The first-order valence-corrected chi connectivity index (χ1v) is 10.5. The molecule has 0 atom stereocenters. The average Bonchev–Trinajstić information content (AvgIpc) is 3.20. The fourth-order valence-corrected chi connectivity index (χ4v) is 3.97. The van der Waals surface area contributed by atoms with Gasteiger partial charge in [0.2, 0.25) is 5.88 Å². The molecule has 0 bridgehead atoms. The minimum atomic E-state index is -4.76. The van der Waals surface area contributed by atoms with Crippen molar-refractivity contribution in [3.05, 3.63) is 47.7 Å². The van der Waals surface area contributed by atoms with Crippen LogP contribution in [0.2, 0.25) is 0 Å². The Labute approximate surface area is 195 Å². The number of anilines is 1. The van der Waals surface area contributed by atoms with Crippen molar-refractivity contribution in [3.8, 4) is 11.3 Å². The van der Waals surface area contributed by atoms with Crippen molar-refractivity contribution in [2.75, 3.05) is 25.0 Å². The summed E-state index contributed by atoms with van der Waals surface area (Å²) in [6.07, 6.45) is -5.37. The summed E-state index contributed by atoms with van der Waals surface area (Å²) in [5.74, 6) is -2.97. The number of furan rings is 1. The lowest BCUT2D eigenvalue weighted by Crippen LogP contribution is -2.42. The molecule has 1 aliphatic rings. The van der Waals surface area contributed by atoms with Gasteiger partial charge < -0.3 is 14.4 Å². The number of carboxylic acid groups (broad SMARTS) is 1. The van der Waals surface area contributed by atoms with Crippen molar-refractivity contribution >= 4 is 40.2 Å². The second-order valence-corrected chi connectivity index (χ2v) is 8.33. The van der Waals surface area contributed by atoms with E-state index in [0.717, 1.165) is 13.1 Å². The second kappa shape index (κ2) is 8.49. The van der Waals surface area contributed by atoms with Crippen molar-refractivity contribution in [2.24, 2.45) is 0 Å². The number of thiocarbonyl (C=S) groups is 1. The number of likely N-dealkylation sites (tertiary alicyclic amines) is 1. The van der Waals surface area contributed by atoms with Gasteiger partial charge in [0.1, 0.15) is 10.6 Å². The Kier molecular flexibility index (Phi) is 5.96. The molecule has 1 aliphatic heterocycles. The minimum Gasteiger partial charge on any atom is -0.465 e. The fraction of sp³-hybridized carbons (Fsp3) is 0.318. The fourth-order valence-electron chi connectivity index (χ4n) is 3.67. The molecule has 0 aliphatic carbocycles. The topological polar surface area (TPSA) is 69.8 Å². The molecule has 0 radical (unpaired) electrons. The third-order valence-electron chi connectivity index (χ3n) is 5.61. The molecule has 1 amide bonds. The van der Waals surface area contributed by atoms with Gasteiger partial charge in [-0.3, -0.25) is 9.88 Å². The Bertz CT molecular complexity index is 1250. The molecular formula is C22H18F5N3O3S. The highest BCUT2D eigenvalue weighted by molar-refractivity contribution is 7.80. The first kappa shape index (κ1) is 23.9. The van der Waals surface area contributed by atoms with Crippen molar-refractivity contribution in [2.45, 2.75) is 24.9 Å². The van der Waals surface area contributed by atoms with E-state index in [-0.39, 0.29) is 48.5 Å². The first-order valence-electron chi connectivity index (χ1n) is 10.1. The average molecular weight is 499 g/mol. The van der Waals surface area contributed by atoms with Gasteiger partial charge in [-0.25, -0.2) is 13.6 Å². The Morgan fingerprint density at radius 2 is 1.88 bits per heavy atom. The zero-order chi connectivity index (χ0) is 24.8. The number of benzene rings is 1. The number of carbonyl (C=O) groups is 1. The Morgan fingerprint density at radius 1 is 1.21 bits per heavy atom. The number of fused-ring (bicyclic) bond motifs is 1. The Morgan fingerprint density at radius 3 is 2.44 bits per heavy atom. The summed E-state index contributed by atoms with van der Waals surface area (Å²) in [6, 6.07) is 6.57. The third-order valence-corrected chi connectivity index (χ3v) is 6.11. The zero-order valence-electron chi connectivity index (χ0n) is 17.7. The molecule has 0 unspecified atom stereocenters. The van der Waals surface area contributed by atoms with Gasteiger partial charge in [0.15, 0.2) is 0 Å². The van der Waals surface area contributed by atoms with Crippen LogP contribution in [0.25, 0.3) is 22.2 Å². The number of hydrogen-bond donors (Lipinski definition) is 1. The van der Waals surface area contributed by atoms with E-state index >= 15 is 0 Å². The molecule has 1 aromatic carbocycles. The van der Waals surface area contributed by atoms with Gasteiger partial charge in [-0.15, -0.1) is 0 Å². The molecule has 0 spiro atoms. The van der Waals surface area contributed by atoms with Crippen molar-refractivity contribution in [1.82, 2.24) is 9.88 Å². The quantitative estimate of drug-likeness (QED) is 0.350. The van der Waals surface area contributed by atoms with E-state index in [2.05, 4.69) is 4.98 Å². The number of halogens is 5. The van der Waals surface area contributed by atoms with Crippen LogP contribution >= 0.6 is 12.2 Å². The molecule has 3 heterocycles. The van der Waals surface area contributed by atoms with Gasteiger partial charge in [0.05, 0.1) is 11.3 Å². The number of amides is 1. The van der Waals surface area contributed by atoms with Crippen LogP contribution in [0.3, 0.4) is 0 Å². The summed E-state index contributed by atoms with van der Waals surface area (Å²) >= 11 is 5.38.